The first-order valence-electron chi connectivity index (χ1n) is 10.8. The van der Waals surface area contributed by atoms with Crippen molar-refractivity contribution in [1.82, 2.24) is 25.2 Å². The van der Waals surface area contributed by atoms with Gasteiger partial charge in [-0.05, 0) is 31.0 Å². The number of halogens is 1. The number of fused-ring (bicyclic) bond motifs is 2. The minimum absolute atomic E-state index is 0.0202. The Hall–Kier alpha value is -4.15. The fourth-order valence-electron chi connectivity index (χ4n) is 4.81. The number of anilines is 2. The lowest BCUT2D eigenvalue weighted by Crippen LogP contribution is -2.53. The van der Waals surface area contributed by atoms with E-state index >= 15 is 0 Å². The predicted molar refractivity (Wildman–Crippen MR) is 121 cm³/mol. The third-order valence-corrected chi connectivity index (χ3v) is 6.60. The van der Waals surface area contributed by atoms with Gasteiger partial charge in [-0.2, -0.15) is 0 Å². The SMILES string of the molecule is COc1c(F)cccc1Nc1c(-c2ccncn2)[nH]c2c1C(=O)NCC21CCN(C(=O)O)CC1. The zero-order valence-corrected chi connectivity index (χ0v) is 18.4. The molecule has 2 aromatic heterocycles. The van der Waals surface area contributed by atoms with E-state index in [9.17, 15) is 19.1 Å². The van der Waals surface area contributed by atoms with Crippen LogP contribution in [0.5, 0.6) is 5.75 Å². The summed E-state index contributed by atoms with van der Waals surface area (Å²) in [6.07, 6.45) is 3.13. The highest BCUT2D eigenvalue weighted by Gasteiger charge is 2.46. The maximum atomic E-state index is 14.4. The third kappa shape index (κ3) is 3.49. The van der Waals surface area contributed by atoms with Gasteiger partial charge < -0.3 is 30.4 Å². The van der Waals surface area contributed by atoms with E-state index in [2.05, 4.69) is 25.6 Å². The minimum atomic E-state index is -0.955. The molecule has 4 heterocycles. The molecule has 2 amide bonds. The molecular weight excluding hydrogens is 443 g/mol. The number of hydrogen-bond acceptors (Lipinski definition) is 6. The minimum Gasteiger partial charge on any atom is -0.492 e. The number of aromatic amines is 1. The highest BCUT2D eigenvalue weighted by molar-refractivity contribution is 6.06. The van der Waals surface area contributed by atoms with Gasteiger partial charge in [0.1, 0.15) is 6.33 Å². The van der Waals surface area contributed by atoms with Crippen LogP contribution in [0.1, 0.15) is 28.9 Å². The van der Waals surface area contributed by atoms with Crippen LogP contribution < -0.4 is 15.4 Å². The molecule has 0 bridgehead atoms. The van der Waals surface area contributed by atoms with Crippen molar-refractivity contribution in [2.24, 2.45) is 0 Å². The maximum absolute atomic E-state index is 14.4. The number of nitrogens with one attached hydrogen (secondary N) is 3. The monoisotopic (exact) mass is 466 g/mol. The topological polar surface area (TPSA) is 132 Å². The van der Waals surface area contributed by atoms with Crippen molar-refractivity contribution in [2.45, 2.75) is 18.3 Å². The van der Waals surface area contributed by atoms with E-state index in [1.54, 1.807) is 24.4 Å². The number of piperidine rings is 1. The number of likely N-dealkylation sites (tertiary alicyclic amines) is 1. The van der Waals surface area contributed by atoms with Crippen LogP contribution in [0.25, 0.3) is 11.4 Å². The quantitative estimate of drug-likeness (QED) is 0.464. The fraction of sp³-hybridized carbons (Fsp3) is 0.304. The third-order valence-electron chi connectivity index (χ3n) is 6.60. The summed E-state index contributed by atoms with van der Waals surface area (Å²) >= 11 is 0. The average molecular weight is 466 g/mol. The highest BCUT2D eigenvalue weighted by Crippen LogP contribution is 2.46. The lowest BCUT2D eigenvalue weighted by molar-refractivity contribution is 0.0865. The average Bonchev–Trinajstić information content (AvgIpc) is 3.23. The van der Waals surface area contributed by atoms with Gasteiger partial charge in [-0.1, -0.05) is 6.07 Å². The molecule has 5 rings (SSSR count). The molecule has 0 radical (unpaired) electrons. The van der Waals surface area contributed by atoms with Gasteiger partial charge in [-0.15, -0.1) is 0 Å². The molecular formula is C23H23FN6O4. The van der Waals surface area contributed by atoms with Crippen LogP contribution >= 0.6 is 0 Å². The van der Waals surface area contributed by atoms with Crippen molar-refractivity contribution >= 4 is 23.4 Å². The van der Waals surface area contributed by atoms with Crippen molar-refractivity contribution in [2.75, 3.05) is 32.1 Å². The van der Waals surface area contributed by atoms with E-state index in [4.69, 9.17) is 4.74 Å². The molecule has 0 saturated carbocycles. The Labute approximate surface area is 194 Å². The Balaban J connectivity index is 1.66. The molecule has 1 saturated heterocycles. The molecule has 10 nitrogen and oxygen atoms in total. The smallest absolute Gasteiger partial charge is 0.407 e. The molecule has 0 atom stereocenters. The van der Waals surface area contributed by atoms with Crippen LogP contribution in [-0.2, 0) is 5.41 Å². The van der Waals surface area contributed by atoms with Crippen LogP contribution in [0.2, 0.25) is 0 Å². The summed E-state index contributed by atoms with van der Waals surface area (Å²) in [6, 6.07) is 6.21. The number of para-hydroxylation sites is 1. The van der Waals surface area contributed by atoms with Gasteiger partial charge in [-0.25, -0.2) is 19.2 Å². The fourth-order valence-corrected chi connectivity index (χ4v) is 4.81. The maximum Gasteiger partial charge on any atom is 0.407 e. The summed E-state index contributed by atoms with van der Waals surface area (Å²) in [6.45, 7) is 1.10. The number of carboxylic acid groups (broad SMARTS) is 1. The number of nitrogens with zero attached hydrogens (tertiary/aromatic N) is 3. The number of amides is 2. The lowest BCUT2D eigenvalue weighted by atomic mass is 9.72. The molecule has 1 aromatic carbocycles. The first-order chi connectivity index (χ1) is 16.4. The number of methoxy groups -OCH3 is 1. The second-order valence-corrected chi connectivity index (χ2v) is 8.40. The van der Waals surface area contributed by atoms with E-state index in [1.165, 1.54) is 24.4 Å². The van der Waals surface area contributed by atoms with Gasteiger partial charge in [0.25, 0.3) is 5.91 Å². The molecule has 0 unspecified atom stereocenters. The Kier molecular flexibility index (Phi) is 5.31. The molecule has 2 aliphatic heterocycles. The molecule has 2 aliphatic rings. The predicted octanol–water partition coefficient (Wildman–Crippen LogP) is 3.12. The molecule has 0 aliphatic carbocycles. The zero-order valence-electron chi connectivity index (χ0n) is 18.4. The van der Waals surface area contributed by atoms with E-state index in [0.717, 1.165) is 0 Å². The number of aromatic nitrogens is 3. The number of rotatable bonds is 4. The van der Waals surface area contributed by atoms with Crippen LogP contribution in [0.15, 0.2) is 36.8 Å². The van der Waals surface area contributed by atoms with Crippen LogP contribution in [0.3, 0.4) is 0 Å². The standard InChI is InChI=1S/C23H23FN6O4/c1-34-19-13(24)3-2-4-15(19)28-18-16-20(29-17(18)14-5-8-25-12-27-14)23(11-26-21(16)31)6-9-30(10-7-23)22(32)33/h2-5,8,12,28-29H,6-7,9-11H2,1H3,(H,26,31)(H,32,33). The molecule has 1 spiro atoms. The van der Waals surface area contributed by atoms with Crippen molar-refractivity contribution in [3.63, 3.8) is 0 Å². The molecule has 34 heavy (non-hydrogen) atoms. The summed E-state index contributed by atoms with van der Waals surface area (Å²) in [5.74, 6) is -0.801. The highest BCUT2D eigenvalue weighted by atomic mass is 19.1. The van der Waals surface area contributed by atoms with Gasteiger partial charge in [0.2, 0.25) is 0 Å². The largest absolute Gasteiger partial charge is 0.492 e. The Bertz CT molecular complexity index is 1250. The van der Waals surface area contributed by atoms with Crippen molar-refractivity contribution < 1.29 is 23.8 Å². The summed E-state index contributed by atoms with van der Waals surface area (Å²) in [4.78, 5) is 37.7. The van der Waals surface area contributed by atoms with Crippen molar-refractivity contribution in [3.8, 4) is 17.1 Å². The number of carbonyl (C=O) groups excluding carboxylic acids is 1. The molecule has 11 heteroatoms. The van der Waals surface area contributed by atoms with Crippen molar-refractivity contribution in [3.05, 3.63) is 53.9 Å². The number of carbonyl (C=O) groups is 2. The van der Waals surface area contributed by atoms with Crippen LogP contribution in [-0.4, -0.2) is 63.7 Å². The Morgan fingerprint density at radius 2 is 2.09 bits per heavy atom. The second kappa shape index (κ2) is 8.32. The first kappa shape index (κ1) is 21.7. The molecule has 3 aromatic rings. The normalized spacial score (nSPS) is 16.6. The van der Waals surface area contributed by atoms with Gasteiger partial charge in [0.15, 0.2) is 11.6 Å². The number of H-pyrrole nitrogens is 1. The molecule has 4 N–H and O–H groups in total. The lowest BCUT2D eigenvalue weighted by Gasteiger charge is -2.43. The summed E-state index contributed by atoms with van der Waals surface area (Å²) in [5.41, 5.74) is 2.54. The number of benzene rings is 1. The Morgan fingerprint density at radius 3 is 2.76 bits per heavy atom. The van der Waals surface area contributed by atoms with Crippen LogP contribution in [0, 0.1) is 5.82 Å². The zero-order chi connectivity index (χ0) is 23.9. The van der Waals surface area contributed by atoms with E-state index in [1.807, 2.05) is 0 Å². The number of ether oxygens (including phenoxy) is 1. The van der Waals surface area contributed by atoms with E-state index < -0.39 is 17.3 Å². The van der Waals surface area contributed by atoms with Gasteiger partial charge in [-0.3, -0.25) is 4.79 Å². The van der Waals surface area contributed by atoms with Crippen LogP contribution in [0.4, 0.5) is 20.6 Å². The van der Waals surface area contributed by atoms with Gasteiger partial charge in [0, 0.05) is 36.9 Å². The van der Waals surface area contributed by atoms with Gasteiger partial charge >= 0.3 is 6.09 Å². The number of hydrogen-bond donors (Lipinski definition) is 4. The molecule has 176 valence electrons. The molecule has 1 fully saturated rings. The summed E-state index contributed by atoms with van der Waals surface area (Å²) < 4.78 is 19.6. The van der Waals surface area contributed by atoms with E-state index in [-0.39, 0.29) is 11.7 Å². The van der Waals surface area contributed by atoms with Gasteiger partial charge in [0.05, 0.1) is 35.4 Å². The summed E-state index contributed by atoms with van der Waals surface area (Å²) in [7, 11) is 1.37. The van der Waals surface area contributed by atoms with Crippen molar-refractivity contribution in [1.29, 1.82) is 0 Å². The summed E-state index contributed by atoms with van der Waals surface area (Å²) in [5, 5.41) is 15.5. The first-order valence-corrected chi connectivity index (χ1v) is 10.8. The second-order valence-electron chi connectivity index (χ2n) is 8.40. The van der Waals surface area contributed by atoms with E-state index in [0.29, 0.717) is 66.5 Å². The Morgan fingerprint density at radius 1 is 1.29 bits per heavy atom.